The Morgan fingerprint density at radius 2 is 1.81 bits per heavy atom. The molecule has 1 aliphatic heterocycles. The summed E-state index contributed by atoms with van der Waals surface area (Å²) in [4.78, 5) is 39.2. The third-order valence-corrected chi connectivity index (χ3v) is 6.00. The molecule has 0 unspecified atom stereocenters. The summed E-state index contributed by atoms with van der Waals surface area (Å²) in [5, 5.41) is 9.25. The zero-order valence-electron chi connectivity index (χ0n) is 17.3. The van der Waals surface area contributed by atoms with E-state index in [1.807, 2.05) is 11.4 Å². The smallest absolute Gasteiger partial charge is 0.255 e. The van der Waals surface area contributed by atoms with E-state index in [0.717, 1.165) is 24.1 Å². The van der Waals surface area contributed by atoms with E-state index in [0.29, 0.717) is 23.4 Å². The average Bonchev–Trinajstić information content (AvgIpc) is 3.34. The van der Waals surface area contributed by atoms with Crippen molar-refractivity contribution in [1.29, 1.82) is 0 Å². The first kappa shape index (κ1) is 21.7. The lowest BCUT2D eigenvalue weighted by Crippen LogP contribution is -2.38. The van der Waals surface area contributed by atoms with Gasteiger partial charge in [0.15, 0.2) is 0 Å². The van der Waals surface area contributed by atoms with Gasteiger partial charge in [0.1, 0.15) is 5.82 Å². The second-order valence-electron chi connectivity index (χ2n) is 7.43. The maximum atomic E-state index is 13.1. The molecule has 0 fully saturated rings. The molecule has 2 N–H and O–H groups in total. The first-order valence-electron chi connectivity index (χ1n) is 10.3. The molecule has 0 atom stereocenters. The van der Waals surface area contributed by atoms with Crippen LogP contribution in [0, 0.1) is 5.82 Å². The summed E-state index contributed by atoms with van der Waals surface area (Å²) in [6.07, 6.45) is 1.68. The second kappa shape index (κ2) is 9.74. The van der Waals surface area contributed by atoms with Gasteiger partial charge >= 0.3 is 0 Å². The van der Waals surface area contributed by atoms with Crippen molar-refractivity contribution in [2.75, 3.05) is 23.3 Å². The van der Waals surface area contributed by atoms with Crippen molar-refractivity contribution in [2.45, 2.75) is 19.3 Å². The van der Waals surface area contributed by atoms with E-state index in [1.165, 1.54) is 35.6 Å². The number of halogens is 1. The van der Waals surface area contributed by atoms with E-state index < -0.39 is 5.82 Å². The largest absolute Gasteiger partial charge is 0.351 e. The number of carbonyl (C=O) groups excluding carboxylic acids is 3. The van der Waals surface area contributed by atoms with Crippen LogP contribution >= 0.6 is 11.3 Å². The van der Waals surface area contributed by atoms with E-state index >= 15 is 0 Å². The highest BCUT2D eigenvalue weighted by molar-refractivity contribution is 7.08. The molecule has 4 rings (SSSR count). The van der Waals surface area contributed by atoms with E-state index in [-0.39, 0.29) is 30.7 Å². The van der Waals surface area contributed by atoms with Gasteiger partial charge in [-0.25, -0.2) is 4.39 Å². The molecule has 1 aliphatic rings. The lowest BCUT2D eigenvalue weighted by atomic mass is 9.99. The Labute approximate surface area is 189 Å². The van der Waals surface area contributed by atoms with Gasteiger partial charge in [0, 0.05) is 47.4 Å². The van der Waals surface area contributed by atoms with E-state index in [4.69, 9.17) is 0 Å². The SMILES string of the molecule is O=C(NCCC(=O)N1CCCc2c(NC(=O)c3ccc(F)cc3)cccc21)c1ccsc1. The highest BCUT2D eigenvalue weighted by atomic mass is 32.1. The molecule has 3 aromatic rings. The summed E-state index contributed by atoms with van der Waals surface area (Å²) in [5.41, 5.74) is 3.24. The number of anilines is 2. The third kappa shape index (κ3) is 4.86. The fourth-order valence-corrected chi connectivity index (χ4v) is 4.35. The standard InChI is InChI=1S/C24H22FN3O3S/c25-18-8-6-16(7-9-18)24(31)27-20-4-1-5-21-19(20)3-2-13-28(21)22(29)10-12-26-23(30)17-11-14-32-15-17/h1,4-9,11,14-15H,2-3,10,12-13H2,(H,26,30)(H,27,31). The number of rotatable bonds is 6. The predicted octanol–water partition coefficient (Wildman–Crippen LogP) is 4.24. The van der Waals surface area contributed by atoms with Gasteiger partial charge in [0.05, 0.1) is 0 Å². The van der Waals surface area contributed by atoms with E-state index in [9.17, 15) is 18.8 Å². The van der Waals surface area contributed by atoms with Crippen molar-refractivity contribution >= 4 is 40.4 Å². The molecule has 3 amide bonds. The monoisotopic (exact) mass is 451 g/mol. The van der Waals surface area contributed by atoms with Gasteiger partial charge in [0.25, 0.3) is 11.8 Å². The minimum absolute atomic E-state index is 0.0846. The van der Waals surface area contributed by atoms with Crippen LogP contribution in [0.1, 0.15) is 39.1 Å². The van der Waals surface area contributed by atoms with Gasteiger partial charge in [-0.1, -0.05) is 6.07 Å². The number of benzene rings is 2. The van der Waals surface area contributed by atoms with Gasteiger partial charge < -0.3 is 15.5 Å². The van der Waals surface area contributed by atoms with Gasteiger partial charge in [-0.2, -0.15) is 11.3 Å². The number of amides is 3. The average molecular weight is 452 g/mol. The lowest BCUT2D eigenvalue weighted by molar-refractivity contribution is -0.118. The van der Waals surface area contributed by atoms with E-state index in [2.05, 4.69) is 10.6 Å². The molecule has 0 saturated heterocycles. The zero-order valence-corrected chi connectivity index (χ0v) is 18.1. The molecule has 2 aromatic carbocycles. The van der Waals surface area contributed by atoms with Crippen LogP contribution in [-0.2, 0) is 11.2 Å². The second-order valence-corrected chi connectivity index (χ2v) is 8.21. The maximum Gasteiger partial charge on any atom is 0.255 e. The Hall–Kier alpha value is -3.52. The van der Waals surface area contributed by atoms with Gasteiger partial charge in [-0.3, -0.25) is 14.4 Å². The Morgan fingerprint density at radius 3 is 2.56 bits per heavy atom. The van der Waals surface area contributed by atoms with Crippen LogP contribution in [-0.4, -0.2) is 30.8 Å². The van der Waals surface area contributed by atoms with E-state index in [1.54, 1.807) is 28.5 Å². The predicted molar refractivity (Wildman–Crippen MR) is 123 cm³/mol. The highest BCUT2D eigenvalue weighted by Crippen LogP contribution is 2.33. The molecular formula is C24H22FN3O3S. The van der Waals surface area contributed by atoms with Crippen LogP contribution in [0.4, 0.5) is 15.8 Å². The van der Waals surface area contributed by atoms with Crippen LogP contribution in [0.3, 0.4) is 0 Å². The summed E-state index contributed by atoms with van der Waals surface area (Å²) in [6.45, 7) is 0.833. The molecule has 1 aromatic heterocycles. The minimum atomic E-state index is -0.403. The molecule has 164 valence electrons. The molecule has 32 heavy (non-hydrogen) atoms. The summed E-state index contributed by atoms with van der Waals surface area (Å²) in [6, 6.07) is 12.5. The molecule has 6 nitrogen and oxygen atoms in total. The molecule has 8 heteroatoms. The lowest BCUT2D eigenvalue weighted by Gasteiger charge is -2.31. The third-order valence-electron chi connectivity index (χ3n) is 5.31. The summed E-state index contributed by atoms with van der Waals surface area (Å²) < 4.78 is 13.1. The first-order chi connectivity index (χ1) is 15.5. The molecule has 2 heterocycles. The number of carbonyl (C=O) groups is 3. The molecule has 0 aliphatic carbocycles. The number of fused-ring (bicyclic) bond motifs is 1. The number of hydrogen-bond acceptors (Lipinski definition) is 4. The van der Waals surface area contributed by atoms with Gasteiger partial charge in [-0.15, -0.1) is 0 Å². The molecule has 0 saturated carbocycles. The molecule has 0 radical (unpaired) electrons. The van der Waals surface area contributed by atoms with Crippen molar-refractivity contribution in [2.24, 2.45) is 0 Å². The number of nitrogens with zero attached hydrogens (tertiary/aromatic N) is 1. The number of thiophene rings is 1. The minimum Gasteiger partial charge on any atom is -0.351 e. The van der Waals surface area contributed by atoms with Crippen LogP contribution < -0.4 is 15.5 Å². The number of nitrogens with one attached hydrogen (secondary N) is 2. The highest BCUT2D eigenvalue weighted by Gasteiger charge is 2.25. The summed E-state index contributed by atoms with van der Waals surface area (Å²) in [7, 11) is 0. The number of hydrogen-bond donors (Lipinski definition) is 2. The molecule has 0 spiro atoms. The van der Waals surface area contributed by atoms with Gasteiger partial charge in [-0.05, 0) is 66.2 Å². The fraction of sp³-hybridized carbons (Fsp3) is 0.208. The van der Waals surface area contributed by atoms with Crippen molar-refractivity contribution in [3.63, 3.8) is 0 Å². The van der Waals surface area contributed by atoms with Gasteiger partial charge in [0.2, 0.25) is 5.91 Å². The normalized spacial score (nSPS) is 12.7. The fourth-order valence-electron chi connectivity index (χ4n) is 3.71. The maximum absolute atomic E-state index is 13.1. The van der Waals surface area contributed by atoms with Crippen molar-refractivity contribution in [3.8, 4) is 0 Å². The Morgan fingerprint density at radius 1 is 1.00 bits per heavy atom. The van der Waals surface area contributed by atoms with Crippen LogP contribution in [0.15, 0.2) is 59.3 Å². The Balaban J connectivity index is 1.43. The summed E-state index contributed by atoms with van der Waals surface area (Å²) in [5.74, 6) is -1.01. The topological polar surface area (TPSA) is 78.5 Å². The van der Waals surface area contributed by atoms with Crippen LogP contribution in [0.5, 0.6) is 0 Å². The van der Waals surface area contributed by atoms with Crippen LogP contribution in [0.2, 0.25) is 0 Å². The first-order valence-corrected chi connectivity index (χ1v) is 11.3. The molecule has 0 bridgehead atoms. The zero-order chi connectivity index (χ0) is 22.5. The quantitative estimate of drug-likeness (QED) is 0.589. The van der Waals surface area contributed by atoms with Crippen molar-refractivity contribution in [1.82, 2.24) is 5.32 Å². The summed E-state index contributed by atoms with van der Waals surface area (Å²) >= 11 is 1.44. The molecular weight excluding hydrogens is 429 g/mol. The van der Waals surface area contributed by atoms with Crippen molar-refractivity contribution in [3.05, 3.63) is 81.8 Å². The van der Waals surface area contributed by atoms with Crippen LogP contribution in [0.25, 0.3) is 0 Å². The van der Waals surface area contributed by atoms with Crippen molar-refractivity contribution < 1.29 is 18.8 Å². The Bertz CT molecular complexity index is 1130. The Kier molecular flexibility index (Phi) is 6.61.